The predicted molar refractivity (Wildman–Crippen MR) is 77.9 cm³/mol. The number of nitrogen functional groups attached to an aromatic ring is 1. The van der Waals surface area contributed by atoms with Gasteiger partial charge in [-0.3, -0.25) is 0 Å². The van der Waals surface area contributed by atoms with Crippen LogP contribution in [0.15, 0.2) is 6.33 Å². The first-order valence-electron chi connectivity index (χ1n) is 6.37. The zero-order chi connectivity index (χ0) is 13.1. The fourth-order valence-electron chi connectivity index (χ4n) is 2.33. The van der Waals surface area contributed by atoms with Crippen molar-refractivity contribution in [1.82, 2.24) is 9.97 Å². The Bertz CT molecular complexity index is 411. The molecule has 1 saturated heterocycles. The molecule has 0 aliphatic carbocycles. The van der Waals surface area contributed by atoms with Crippen LogP contribution >= 0.6 is 11.8 Å². The van der Waals surface area contributed by atoms with E-state index >= 15 is 0 Å². The summed E-state index contributed by atoms with van der Waals surface area (Å²) in [5.74, 6) is 8.43. The van der Waals surface area contributed by atoms with E-state index in [-0.39, 0.29) is 0 Å². The smallest absolute Gasteiger partial charge is 0.148 e. The molecule has 18 heavy (non-hydrogen) atoms. The molecule has 6 heteroatoms. The lowest BCUT2D eigenvalue weighted by Gasteiger charge is -2.39. The molecule has 0 radical (unpaired) electrons. The van der Waals surface area contributed by atoms with E-state index in [1.807, 2.05) is 11.8 Å². The molecule has 2 atom stereocenters. The van der Waals surface area contributed by atoms with Crippen LogP contribution in [0.5, 0.6) is 0 Å². The molecule has 3 N–H and O–H groups in total. The number of thioether (sulfide) groups is 1. The van der Waals surface area contributed by atoms with E-state index in [1.165, 1.54) is 0 Å². The summed E-state index contributed by atoms with van der Waals surface area (Å²) in [6.07, 6.45) is 2.46. The molecule has 0 saturated carbocycles. The number of hydrogen-bond acceptors (Lipinski definition) is 6. The Hall–Kier alpha value is -1.01. The number of nitrogens with two attached hydrogens (primary N) is 1. The standard InChI is InChI=1S/C12H21N5S/c1-4-10-11(16-13)14-7-15-12(10)17-5-6-18-9(3)8(17)2/h7-9H,4-6,13H2,1-3H3,(H,14,15,16). The highest BCUT2D eigenvalue weighted by Gasteiger charge is 2.28. The quantitative estimate of drug-likeness (QED) is 0.641. The molecular weight excluding hydrogens is 246 g/mol. The van der Waals surface area contributed by atoms with Crippen molar-refractivity contribution < 1.29 is 0 Å². The number of nitrogens with zero attached hydrogens (tertiary/aromatic N) is 3. The second-order valence-corrected chi connectivity index (χ2v) is 6.02. The summed E-state index contributed by atoms with van der Waals surface area (Å²) in [6, 6.07) is 0.481. The summed E-state index contributed by atoms with van der Waals surface area (Å²) in [5, 5.41) is 0.618. The third-order valence-corrected chi connectivity index (χ3v) is 4.91. The summed E-state index contributed by atoms with van der Waals surface area (Å²) in [5.41, 5.74) is 3.77. The van der Waals surface area contributed by atoms with E-state index in [2.05, 4.69) is 41.1 Å². The zero-order valence-electron chi connectivity index (χ0n) is 11.2. The second-order valence-electron chi connectivity index (χ2n) is 4.53. The van der Waals surface area contributed by atoms with E-state index in [9.17, 15) is 0 Å². The minimum atomic E-state index is 0.481. The van der Waals surface area contributed by atoms with E-state index in [0.717, 1.165) is 35.9 Å². The van der Waals surface area contributed by atoms with Gasteiger partial charge in [-0.1, -0.05) is 13.8 Å². The van der Waals surface area contributed by atoms with Crippen molar-refractivity contribution in [1.29, 1.82) is 0 Å². The van der Waals surface area contributed by atoms with E-state index < -0.39 is 0 Å². The van der Waals surface area contributed by atoms with Crippen molar-refractivity contribution in [3.05, 3.63) is 11.9 Å². The van der Waals surface area contributed by atoms with Gasteiger partial charge in [0.2, 0.25) is 0 Å². The molecule has 5 nitrogen and oxygen atoms in total. The summed E-state index contributed by atoms with van der Waals surface area (Å²) in [6.45, 7) is 7.67. The van der Waals surface area contributed by atoms with Gasteiger partial charge in [0.15, 0.2) is 0 Å². The van der Waals surface area contributed by atoms with Gasteiger partial charge in [0, 0.05) is 29.2 Å². The van der Waals surface area contributed by atoms with Gasteiger partial charge in [0.05, 0.1) is 0 Å². The van der Waals surface area contributed by atoms with Crippen LogP contribution in [0, 0.1) is 0 Å². The van der Waals surface area contributed by atoms with E-state index in [1.54, 1.807) is 6.33 Å². The maximum atomic E-state index is 5.52. The van der Waals surface area contributed by atoms with Gasteiger partial charge < -0.3 is 10.3 Å². The third kappa shape index (κ3) is 2.40. The van der Waals surface area contributed by atoms with Crippen LogP contribution in [0.2, 0.25) is 0 Å². The molecule has 2 heterocycles. The molecule has 1 fully saturated rings. The molecule has 1 aromatic rings. The van der Waals surface area contributed by atoms with Crippen LogP contribution in [0.4, 0.5) is 11.6 Å². The summed E-state index contributed by atoms with van der Waals surface area (Å²) < 4.78 is 0. The minimum absolute atomic E-state index is 0.481. The second kappa shape index (κ2) is 5.75. The minimum Gasteiger partial charge on any atom is -0.352 e. The molecule has 0 bridgehead atoms. The summed E-state index contributed by atoms with van der Waals surface area (Å²) in [4.78, 5) is 11.0. The number of hydrogen-bond donors (Lipinski definition) is 2. The van der Waals surface area contributed by atoms with Crippen molar-refractivity contribution in [2.75, 3.05) is 22.6 Å². The Morgan fingerprint density at radius 1 is 1.50 bits per heavy atom. The number of aromatic nitrogens is 2. The van der Waals surface area contributed by atoms with Crippen LogP contribution < -0.4 is 16.2 Å². The van der Waals surface area contributed by atoms with Crippen molar-refractivity contribution >= 4 is 23.4 Å². The van der Waals surface area contributed by atoms with Gasteiger partial charge in [-0.2, -0.15) is 11.8 Å². The SMILES string of the molecule is CCc1c(NN)ncnc1N1CCSC(C)C1C. The first kappa shape index (κ1) is 13.4. The van der Waals surface area contributed by atoms with Gasteiger partial charge in [-0.15, -0.1) is 0 Å². The van der Waals surface area contributed by atoms with Crippen molar-refractivity contribution in [3.63, 3.8) is 0 Å². The topological polar surface area (TPSA) is 67.1 Å². The molecule has 0 spiro atoms. The van der Waals surface area contributed by atoms with Crippen molar-refractivity contribution in [2.24, 2.45) is 5.84 Å². The number of nitrogens with one attached hydrogen (secondary N) is 1. The average molecular weight is 267 g/mol. The molecule has 2 rings (SSSR count). The lowest BCUT2D eigenvalue weighted by molar-refractivity contribution is 0.617. The summed E-state index contributed by atoms with van der Waals surface area (Å²) >= 11 is 2.02. The maximum absolute atomic E-state index is 5.52. The summed E-state index contributed by atoms with van der Waals surface area (Å²) in [7, 11) is 0. The first-order valence-corrected chi connectivity index (χ1v) is 7.42. The van der Waals surface area contributed by atoms with Gasteiger partial charge in [-0.05, 0) is 13.3 Å². The van der Waals surface area contributed by atoms with Gasteiger partial charge in [0.25, 0.3) is 0 Å². The van der Waals surface area contributed by atoms with Crippen LogP contribution in [0.1, 0.15) is 26.3 Å². The lowest BCUT2D eigenvalue weighted by Crippen LogP contribution is -2.45. The highest BCUT2D eigenvalue weighted by atomic mass is 32.2. The molecule has 0 aromatic carbocycles. The predicted octanol–water partition coefficient (Wildman–Crippen LogP) is 1.65. The van der Waals surface area contributed by atoms with Gasteiger partial charge >= 0.3 is 0 Å². The molecule has 1 aliphatic rings. The highest BCUT2D eigenvalue weighted by Crippen LogP contribution is 2.31. The van der Waals surface area contributed by atoms with Crippen LogP contribution in [-0.2, 0) is 6.42 Å². The van der Waals surface area contributed by atoms with Crippen molar-refractivity contribution in [3.8, 4) is 0 Å². The lowest BCUT2D eigenvalue weighted by atomic mass is 10.1. The fraction of sp³-hybridized carbons (Fsp3) is 0.667. The van der Waals surface area contributed by atoms with Crippen LogP contribution in [-0.4, -0.2) is 33.6 Å². The van der Waals surface area contributed by atoms with Gasteiger partial charge in [0.1, 0.15) is 18.0 Å². The maximum Gasteiger partial charge on any atom is 0.148 e. The number of rotatable bonds is 3. The molecule has 0 amide bonds. The third-order valence-electron chi connectivity index (χ3n) is 3.57. The monoisotopic (exact) mass is 267 g/mol. The largest absolute Gasteiger partial charge is 0.352 e. The average Bonchev–Trinajstić information content (AvgIpc) is 2.41. The number of hydrazine groups is 1. The van der Waals surface area contributed by atoms with Crippen molar-refractivity contribution in [2.45, 2.75) is 38.5 Å². The van der Waals surface area contributed by atoms with E-state index in [0.29, 0.717) is 11.3 Å². The molecule has 2 unspecified atom stereocenters. The zero-order valence-corrected chi connectivity index (χ0v) is 12.0. The Kier molecular flexibility index (Phi) is 4.29. The van der Waals surface area contributed by atoms with Gasteiger partial charge in [-0.25, -0.2) is 15.8 Å². The van der Waals surface area contributed by atoms with Crippen LogP contribution in [0.3, 0.4) is 0 Å². The molecule has 1 aromatic heterocycles. The van der Waals surface area contributed by atoms with E-state index in [4.69, 9.17) is 5.84 Å². The first-order chi connectivity index (χ1) is 8.69. The molecular formula is C12H21N5S. The Morgan fingerprint density at radius 3 is 2.94 bits per heavy atom. The Labute approximate surface area is 113 Å². The molecule has 100 valence electrons. The number of anilines is 2. The normalized spacial score (nSPS) is 24.1. The Morgan fingerprint density at radius 2 is 2.28 bits per heavy atom. The highest BCUT2D eigenvalue weighted by molar-refractivity contribution is 8.00. The fourth-order valence-corrected chi connectivity index (χ4v) is 3.43. The Balaban J connectivity index is 2.37. The van der Waals surface area contributed by atoms with Crippen LogP contribution in [0.25, 0.3) is 0 Å². The molecule has 1 aliphatic heterocycles.